The molecule has 8 rings (SSSR count). The monoisotopic (exact) mass is 740 g/mol. The van der Waals surface area contributed by atoms with Gasteiger partial charge in [0.25, 0.3) is 23.6 Å². The minimum Gasteiger partial charge on any atom is -0.274 e. The number of nitrogens with zero attached hydrogens (tertiary/aromatic N) is 8. The third-order valence-corrected chi connectivity index (χ3v) is 11.0. The summed E-state index contributed by atoms with van der Waals surface area (Å²) >= 11 is 3.02. The Kier molecular flexibility index (Phi) is 9.70. The molecule has 53 heavy (non-hydrogen) atoms. The Hall–Kier alpha value is -5.86. The summed E-state index contributed by atoms with van der Waals surface area (Å²) in [6, 6.07) is 33.5. The molecule has 0 bridgehead atoms. The number of carbonyl (C=O) groups excluding carboxylic acids is 4. The van der Waals surface area contributed by atoms with E-state index in [-0.39, 0.29) is 23.6 Å². The zero-order valence-electron chi connectivity index (χ0n) is 28.4. The molecule has 0 saturated heterocycles. The van der Waals surface area contributed by atoms with Crippen molar-refractivity contribution in [3.63, 3.8) is 0 Å². The number of benzene rings is 4. The van der Waals surface area contributed by atoms with Crippen LogP contribution in [0.2, 0.25) is 0 Å². The molecule has 4 heterocycles. The summed E-state index contributed by atoms with van der Waals surface area (Å²) < 4.78 is 4.01. The number of para-hydroxylation sites is 2. The topological polar surface area (TPSA) is 136 Å². The average Bonchev–Trinajstić information content (AvgIpc) is 3.92. The number of hydrogen-bond acceptors (Lipinski definition) is 10. The summed E-state index contributed by atoms with van der Waals surface area (Å²) in [7, 11) is 0. The highest BCUT2D eigenvalue weighted by Crippen LogP contribution is 2.29. The third-order valence-electron chi connectivity index (χ3n) is 9.02. The molecular weight excluding hydrogens is 709 g/mol. The van der Waals surface area contributed by atoms with Crippen LogP contribution in [0, 0.1) is 0 Å². The van der Waals surface area contributed by atoms with Gasteiger partial charge in [-0.3, -0.25) is 38.1 Å². The molecule has 0 aliphatic carbocycles. The van der Waals surface area contributed by atoms with Crippen molar-refractivity contribution in [2.24, 2.45) is 0 Å². The van der Waals surface area contributed by atoms with Gasteiger partial charge >= 0.3 is 0 Å². The summed E-state index contributed by atoms with van der Waals surface area (Å²) in [6.07, 6.45) is 1.50. The number of amides is 4. The highest BCUT2D eigenvalue weighted by Gasteiger charge is 2.35. The first kappa shape index (κ1) is 34.2. The van der Waals surface area contributed by atoms with Crippen molar-refractivity contribution in [2.45, 2.75) is 29.6 Å². The van der Waals surface area contributed by atoms with Crippen LogP contribution < -0.4 is 0 Å². The lowest BCUT2D eigenvalue weighted by Crippen LogP contribution is -2.31. The predicted molar refractivity (Wildman–Crippen MR) is 200 cm³/mol. The van der Waals surface area contributed by atoms with E-state index in [4.69, 9.17) is 0 Å². The van der Waals surface area contributed by atoms with Crippen LogP contribution in [0.3, 0.4) is 0 Å². The van der Waals surface area contributed by atoms with E-state index in [9.17, 15) is 19.2 Å². The van der Waals surface area contributed by atoms with E-state index in [2.05, 4.69) is 20.4 Å². The summed E-state index contributed by atoms with van der Waals surface area (Å²) in [5, 5.41) is 19.7. The zero-order chi connectivity index (χ0) is 36.3. The molecule has 2 aliphatic heterocycles. The molecule has 4 aromatic carbocycles. The smallest absolute Gasteiger partial charge is 0.261 e. The Morgan fingerprint density at radius 2 is 0.774 bits per heavy atom. The highest BCUT2D eigenvalue weighted by atomic mass is 32.2. The van der Waals surface area contributed by atoms with Gasteiger partial charge in [-0.2, -0.15) is 0 Å². The number of carbonyl (C=O) groups is 4. The molecular formula is C39H32N8O4S2. The maximum atomic E-state index is 12.8. The van der Waals surface area contributed by atoms with Gasteiger partial charge in [0.1, 0.15) is 11.6 Å². The summed E-state index contributed by atoms with van der Waals surface area (Å²) in [5.74, 6) is 1.54. The molecule has 0 atom stereocenters. The van der Waals surface area contributed by atoms with Crippen molar-refractivity contribution in [3.8, 4) is 11.4 Å². The van der Waals surface area contributed by atoms with Gasteiger partial charge in [0.2, 0.25) is 0 Å². The Bertz CT molecular complexity index is 2110. The second kappa shape index (κ2) is 15.0. The van der Waals surface area contributed by atoms with Crippen LogP contribution in [0.4, 0.5) is 0 Å². The van der Waals surface area contributed by atoms with Gasteiger partial charge in [-0.15, -0.1) is 20.4 Å². The van der Waals surface area contributed by atoms with E-state index in [1.165, 1.54) is 33.3 Å². The predicted octanol–water partition coefficient (Wildman–Crippen LogP) is 6.00. The maximum absolute atomic E-state index is 12.8. The van der Waals surface area contributed by atoms with Crippen molar-refractivity contribution in [3.05, 3.63) is 143 Å². The van der Waals surface area contributed by atoms with Gasteiger partial charge in [-0.05, 0) is 61.4 Å². The number of hydrogen-bond donors (Lipinski definition) is 0. The van der Waals surface area contributed by atoms with Gasteiger partial charge in [0.15, 0.2) is 10.3 Å². The summed E-state index contributed by atoms with van der Waals surface area (Å²) in [5.41, 5.74) is 3.58. The van der Waals surface area contributed by atoms with E-state index in [0.29, 0.717) is 88.1 Å². The second-order valence-corrected chi connectivity index (χ2v) is 14.5. The standard InChI is InChI=1S/C39H32N8O4S2/c48-34-28-17-7-8-18-29(28)35(49)44(34)21-11-23-52-38-42-40-32(46(38)26-13-3-1-4-14-26)25-33-41-43-39(47(33)27-15-5-2-6-16-27)53-24-12-22-45-36(50)30-19-9-10-20-31(30)37(45)51/h1-10,13-20H,11-12,21-25H2. The van der Waals surface area contributed by atoms with Crippen molar-refractivity contribution in [1.29, 1.82) is 0 Å². The minimum atomic E-state index is -0.256. The van der Waals surface area contributed by atoms with Gasteiger partial charge in [0, 0.05) is 36.0 Å². The number of rotatable bonds is 14. The normalized spacial score (nSPS) is 13.7. The van der Waals surface area contributed by atoms with Crippen LogP contribution >= 0.6 is 23.5 Å². The first-order chi connectivity index (χ1) is 26.0. The fraction of sp³-hybridized carbons (Fsp3) is 0.179. The molecule has 2 aromatic heterocycles. The minimum absolute atomic E-state index is 0.256. The molecule has 0 N–H and O–H groups in total. The summed E-state index contributed by atoms with van der Waals surface area (Å²) in [6.45, 7) is 0.620. The first-order valence-corrected chi connectivity index (χ1v) is 19.1. The molecule has 12 nitrogen and oxygen atoms in total. The van der Waals surface area contributed by atoms with Gasteiger partial charge in [-0.1, -0.05) is 84.2 Å². The lowest BCUT2D eigenvalue weighted by molar-refractivity contribution is 0.0639. The fourth-order valence-electron chi connectivity index (χ4n) is 6.49. The van der Waals surface area contributed by atoms with Gasteiger partial charge < -0.3 is 0 Å². The molecule has 0 spiro atoms. The average molecular weight is 741 g/mol. The van der Waals surface area contributed by atoms with E-state index in [1.54, 1.807) is 48.5 Å². The van der Waals surface area contributed by atoms with Crippen molar-refractivity contribution in [1.82, 2.24) is 39.3 Å². The van der Waals surface area contributed by atoms with Crippen molar-refractivity contribution in [2.75, 3.05) is 24.6 Å². The number of aromatic nitrogens is 6. The van der Waals surface area contributed by atoms with Crippen LogP contribution in [-0.4, -0.2) is 87.6 Å². The molecule has 2 aliphatic rings. The molecule has 4 amide bonds. The molecule has 6 aromatic rings. The van der Waals surface area contributed by atoms with Crippen LogP contribution in [0.1, 0.15) is 65.9 Å². The second-order valence-electron chi connectivity index (χ2n) is 12.3. The molecule has 0 radical (unpaired) electrons. The maximum Gasteiger partial charge on any atom is 0.261 e. The lowest BCUT2D eigenvalue weighted by atomic mass is 10.1. The molecule has 0 fully saturated rings. The quantitative estimate of drug-likeness (QED) is 0.0744. The van der Waals surface area contributed by atoms with Crippen LogP contribution in [0.25, 0.3) is 11.4 Å². The Morgan fingerprint density at radius 1 is 0.434 bits per heavy atom. The van der Waals surface area contributed by atoms with E-state index < -0.39 is 0 Å². The van der Waals surface area contributed by atoms with Crippen molar-refractivity contribution < 1.29 is 19.2 Å². The number of imide groups is 2. The SMILES string of the molecule is O=C1c2ccccc2C(=O)N1CCCSc1nnc(Cc2nnc(SCCCN3C(=O)c4ccccc4C3=O)n2-c2ccccc2)n1-c1ccccc1. The molecule has 0 unspecified atom stereocenters. The van der Waals surface area contributed by atoms with Crippen LogP contribution in [0.15, 0.2) is 120 Å². The van der Waals surface area contributed by atoms with Crippen LogP contribution in [-0.2, 0) is 6.42 Å². The Balaban J connectivity index is 0.973. The van der Waals surface area contributed by atoms with Crippen LogP contribution in [0.5, 0.6) is 0 Å². The molecule has 14 heteroatoms. The number of thioether (sulfide) groups is 2. The largest absolute Gasteiger partial charge is 0.274 e. The summed E-state index contributed by atoms with van der Waals surface area (Å²) in [4.78, 5) is 54.0. The third kappa shape index (κ3) is 6.66. The van der Waals surface area contributed by atoms with E-state index >= 15 is 0 Å². The molecule has 0 saturated carbocycles. The van der Waals surface area contributed by atoms with Crippen molar-refractivity contribution >= 4 is 47.2 Å². The number of fused-ring (bicyclic) bond motifs is 2. The Labute approximate surface area is 313 Å². The van der Waals surface area contributed by atoms with E-state index in [0.717, 1.165) is 11.4 Å². The van der Waals surface area contributed by atoms with E-state index in [1.807, 2.05) is 69.8 Å². The molecule has 264 valence electrons. The fourth-order valence-corrected chi connectivity index (χ4v) is 8.28. The van der Waals surface area contributed by atoms with Gasteiger partial charge in [0.05, 0.1) is 28.7 Å². The zero-order valence-corrected chi connectivity index (χ0v) is 30.0. The lowest BCUT2D eigenvalue weighted by Gasteiger charge is -2.14. The highest BCUT2D eigenvalue weighted by molar-refractivity contribution is 7.99. The Morgan fingerprint density at radius 3 is 1.13 bits per heavy atom. The van der Waals surface area contributed by atoms with Gasteiger partial charge in [-0.25, -0.2) is 0 Å². The first-order valence-electron chi connectivity index (χ1n) is 17.1.